The number of anilines is 2. The lowest BCUT2D eigenvalue weighted by molar-refractivity contribution is 0.942. The summed E-state index contributed by atoms with van der Waals surface area (Å²) in [5.74, 6) is 0.520. The van der Waals surface area contributed by atoms with Gasteiger partial charge in [0.15, 0.2) is 10.4 Å². The smallest absolute Gasteiger partial charge is 0.272 e. The average molecular weight is 385 g/mol. The van der Waals surface area contributed by atoms with Crippen LogP contribution in [0.4, 0.5) is 11.5 Å². The van der Waals surface area contributed by atoms with Gasteiger partial charge in [-0.2, -0.15) is 5.10 Å². The molecule has 5 rings (SSSR count). The first kappa shape index (κ1) is 16.5. The van der Waals surface area contributed by atoms with Crippen molar-refractivity contribution >= 4 is 45.5 Å². The molecule has 3 aromatic carbocycles. The summed E-state index contributed by atoms with van der Waals surface area (Å²) in [5, 5.41) is 12.7. The third-order valence-electron chi connectivity index (χ3n) is 4.66. The van der Waals surface area contributed by atoms with Gasteiger partial charge in [0.2, 0.25) is 0 Å². The van der Waals surface area contributed by atoms with Crippen molar-refractivity contribution in [1.82, 2.24) is 19.7 Å². The summed E-state index contributed by atoms with van der Waals surface area (Å²) in [6, 6.07) is 23.3. The molecule has 0 bridgehead atoms. The third kappa shape index (κ3) is 2.60. The molecule has 0 fully saturated rings. The summed E-state index contributed by atoms with van der Waals surface area (Å²) < 4.78 is 1.82. The van der Waals surface area contributed by atoms with E-state index in [4.69, 9.17) is 12.2 Å². The molecule has 28 heavy (non-hydrogen) atoms. The largest absolute Gasteiger partial charge is 0.340 e. The fraction of sp³-hybridized carbons (Fsp3) is 0. The van der Waals surface area contributed by atoms with Crippen molar-refractivity contribution < 1.29 is 0 Å². The molecule has 3 N–H and O–H groups in total. The van der Waals surface area contributed by atoms with Crippen molar-refractivity contribution in [3.05, 3.63) is 87.9 Å². The van der Waals surface area contributed by atoms with Gasteiger partial charge in [0, 0.05) is 11.1 Å². The van der Waals surface area contributed by atoms with Gasteiger partial charge in [-0.15, -0.1) is 0 Å². The lowest BCUT2D eigenvalue weighted by Gasteiger charge is -2.10. The van der Waals surface area contributed by atoms with E-state index in [1.54, 1.807) is 0 Å². The number of benzene rings is 3. The topological polar surface area (TPSA) is 78.5 Å². The Labute approximate surface area is 164 Å². The standard InChI is InChI=1S/C21H15N5OS/c27-20-17-18(22-14-9-2-1-3-10-14)24-25-19(17)23-21(28)26(20)16-12-6-8-13-7-4-5-11-15(13)16/h1-12H,(H3,22,23,24,25,28). The zero-order chi connectivity index (χ0) is 19.1. The van der Waals surface area contributed by atoms with E-state index in [9.17, 15) is 4.79 Å². The molecule has 7 heteroatoms. The molecule has 0 radical (unpaired) electrons. The molecule has 0 spiro atoms. The highest BCUT2D eigenvalue weighted by atomic mass is 32.1. The number of para-hydroxylation sites is 1. The fourth-order valence-electron chi connectivity index (χ4n) is 3.38. The van der Waals surface area contributed by atoms with Crippen LogP contribution < -0.4 is 10.9 Å². The number of aromatic amines is 2. The second-order valence-corrected chi connectivity index (χ2v) is 6.77. The normalized spacial score (nSPS) is 11.1. The van der Waals surface area contributed by atoms with Crippen LogP contribution in [0.3, 0.4) is 0 Å². The second-order valence-electron chi connectivity index (χ2n) is 6.38. The van der Waals surface area contributed by atoms with Crippen molar-refractivity contribution in [3.8, 4) is 5.69 Å². The van der Waals surface area contributed by atoms with Crippen LogP contribution in [0, 0.1) is 4.77 Å². The van der Waals surface area contributed by atoms with E-state index in [1.807, 2.05) is 72.8 Å². The van der Waals surface area contributed by atoms with Gasteiger partial charge >= 0.3 is 0 Å². The molecular weight excluding hydrogens is 370 g/mol. The van der Waals surface area contributed by atoms with Gasteiger partial charge in [0.25, 0.3) is 5.56 Å². The zero-order valence-electron chi connectivity index (χ0n) is 14.6. The van der Waals surface area contributed by atoms with Crippen LogP contribution in [0.25, 0.3) is 27.5 Å². The molecule has 0 amide bonds. The SMILES string of the molecule is O=c1c2c(Nc3ccccc3)[nH]nc2[nH]c(=S)n1-c1cccc2ccccc12. The Bertz CT molecular complexity index is 1430. The van der Waals surface area contributed by atoms with E-state index >= 15 is 0 Å². The van der Waals surface area contributed by atoms with Crippen LogP contribution in [0.5, 0.6) is 0 Å². The molecule has 0 aliphatic carbocycles. The Balaban J connectivity index is 1.77. The molecule has 6 nitrogen and oxygen atoms in total. The number of rotatable bonds is 3. The molecule has 136 valence electrons. The van der Waals surface area contributed by atoms with Crippen LogP contribution >= 0.6 is 12.2 Å². The van der Waals surface area contributed by atoms with Crippen LogP contribution in [0.2, 0.25) is 0 Å². The van der Waals surface area contributed by atoms with E-state index in [0.717, 1.165) is 22.1 Å². The molecule has 0 aliphatic rings. The molecule has 0 saturated carbocycles. The van der Waals surface area contributed by atoms with Crippen molar-refractivity contribution in [3.63, 3.8) is 0 Å². The van der Waals surface area contributed by atoms with E-state index in [-0.39, 0.29) is 5.56 Å². The molecule has 0 saturated heterocycles. The highest BCUT2D eigenvalue weighted by molar-refractivity contribution is 7.71. The first-order valence-corrected chi connectivity index (χ1v) is 9.17. The highest BCUT2D eigenvalue weighted by Crippen LogP contribution is 2.24. The van der Waals surface area contributed by atoms with Crippen LogP contribution in [-0.4, -0.2) is 19.7 Å². The van der Waals surface area contributed by atoms with E-state index < -0.39 is 0 Å². The monoisotopic (exact) mass is 385 g/mol. The van der Waals surface area contributed by atoms with Gasteiger partial charge in [-0.25, -0.2) is 0 Å². The predicted molar refractivity (Wildman–Crippen MR) is 114 cm³/mol. The predicted octanol–water partition coefficient (Wildman–Crippen LogP) is 4.67. The number of H-pyrrole nitrogens is 2. The fourth-order valence-corrected chi connectivity index (χ4v) is 3.66. The summed E-state index contributed by atoms with van der Waals surface area (Å²) in [6.45, 7) is 0. The Morgan fingerprint density at radius 1 is 0.929 bits per heavy atom. The number of hydrogen-bond donors (Lipinski definition) is 3. The second kappa shape index (κ2) is 6.47. The minimum absolute atomic E-state index is 0.234. The molecule has 5 aromatic rings. The van der Waals surface area contributed by atoms with Crippen LogP contribution in [-0.2, 0) is 0 Å². The molecular formula is C21H15N5OS. The lowest BCUT2D eigenvalue weighted by Crippen LogP contribution is -2.21. The van der Waals surface area contributed by atoms with E-state index in [2.05, 4.69) is 20.5 Å². The summed E-state index contributed by atoms with van der Waals surface area (Å²) in [5.41, 5.74) is 1.77. The van der Waals surface area contributed by atoms with Crippen molar-refractivity contribution in [1.29, 1.82) is 0 Å². The van der Waals surface area contributed by atoms with Crippen molar-refractivity contribution in [2.75, 3.05) is 5.32 Å². The minimum Gasteiger partial charge on any atom is -0.340 e. The number of fused-ring (bicyclic) bond motifs is 2. The zero-order valence-corrected chi connectivity index (χ0v) is 15.5. The van der Waals surface area contributed by atoms with Gasteiger partial charge in [0.05, 0.1) is 5.69 Å². The average Bonchev–Trinajstić information content (AvgIpc) is 3.11. The van der Waals surface area contributed by atoms with E-state index in [0.29, 0.717) is 21.6 Å². The van der Waals surface area contributed by atoms with Crippen LogP contribution in [0.1, 0.15) is 0 Å². The maximum Gasteiger partial charge on any atom is 0.272 e. The first-order valence-electron chi connectivity index (χ1n) is 8.76. The molecule has 2 aromatic heterocycles. The van der Waals surface area contributed by atoms with Gasteiger partial charge in [-0.1, -0.05) is 54.6 Å². The molecule has 2 heterocycles. The van der Waals surface area contributed by atoms with Crippen LogP contribution in [0.15, 0.2) is 77.6 Å². The Kier molecular flexibility index (Phi) is 3.80. The summed E-state index contributed by atoms with van der Waals surface area (Å²) >= 11 is 5.48. The quantitative estimate of drug-likeness (QED) is 0.395. The third-order valence-corrected chi connectivity index (χ3v) is 4.95. The maximum absolute atomic E-state index is 13.4. The number of hydrogen-bond acceptors (Lipinski definition) is 4. The van der Waals surface area contributed by atoms with Gasteiger partial charge < -0.3 is 10.3 Å². The van der Waals surface area contributed by atoms with Crippen molar-refractivity contribution in [2.45, 2.75) is 0 Å². The molecule has 0 atom stereocenters. The Hall–Kier alpha value is -3.71. The highest BCUT2D eigenvalue weighted by Gasteiger charge is 2.16. The number of aromatic nitrogens is 4. The first-order chi connectivity index (χ1) is 13.7. The van der Waals surface area contributed by atoms with Crippen molar-refractivity contribution in [2.24, 2.45) is 0 Å². The van der Waals surface area contributed by atoms with Gasteiger partial charge in [-0.05, 0) is 35.8 Å². The lowest BCUT2D eigenvalue weighted by atomic mass is 10.1. The summed E-state index contributed by atoms with van der Waals surface area (Å²) in [4.78, 5) is 16.5. The van der Waals surface area contributed by atoms with Gasteiger partial charge in [-0.3, -0.25) is 14.5 Å². The number of nitrogens with zero attached hydrogens (tertiary/aromatic N) is 2. The molecule has 0 aliphatic heterocycles. The van der Waals surface area contributed by atoms with Gasteiger partial charge in [0.1, 0.15) is 11.2 Å². The number of nitrogens with one attached hydrogen (secondary N) is 3. The van der Waals surface area contributed by atoms with E-state index in [1.165, 1.54) is 4.57 Å². The Morgan fingerprint density at radius 2 is 1.68 bits per heavy atom. The Morgan fingerprint density at radius 3 is 2.54 bits per heavy atom. The summed E-state index contributed by atoms with van der Waals surface area (Å²) in [7, 11) is 0. The molecule has 0 unspecified atom stereocenters. The minimum atomic E-state index is -0.234. The maximum atomic E-state index is 13.4. The summed E-state index contributed by atoms with van der Waals surface area (Å²) in [6.07, 6.45) is 0.